The molecule has 0 aliphatic carbocycles. The number of carbonyl (C=O) groups is 3. The van der Waals surface area contributed by atoms with Crippen LogP contribution in [0.4, 0.5) is 4.79 Å². The van der Waals surface area contributed by atoms with Gasteiger partial charge >= 0.3 is 6.09 Å². The lowest BCUT2D eigenvalue weighted by Crippen LogP contribution is -2.35. The van der Waals surface area contributed by atoms with Crippen molar-refractivity contribution in [2.75, 3.05) is 6.54 Å². The Morgan fingerprint density at radius 1 is 1.44 bits per heavy atom. The predicted octanol–water partition coefficient (Wildman–Crippen LogP) is 0.700. The fourth-order valence-electron chi connectivity index (χ4n) is 1.23. The second-order valence-corrected chi connectivity index (χ2v) is 3.56. The molecule has 1 heterocycles. The van der Waals surface area contributed by atoms with E-state index >= 15 is 0 Å². The molecule has 0 atom stereocenters. The van der Waals surface area contributed by atoms with Crippen LogP contribution in [-0.4, -0.2) is 40.8 Å². The van der Waals surface area contributed by atoms with Crippen LogP contribution in [-0.2, 0) is 14.4 Å². The van der Waals surface area contributed by atoms with Crippen molar-refractivity contribution in [1.29, 1.82) is 0 Å². The van der Waals surface area contributed by atoms with Gasteiger partial charge in [0.25, 0.3) is 11.8 Å². The minimum atomic E-state index is -0.781. The fraction of sp³-hybridized carbons (Fsp3) is 0.600. The van der Waals surface area contributed by atoms with E-state index in [9.17, 15) is 14.4 Å². The van der Waals surface area contributed by atoms with Crippen LogP contribution in [0.1, 0.15) is 32.6 Å². The van der Waals surface area contributed by atoms with E-state index in [1.165, 1.54) is 0 Å². The lowest BCUT2D eigenvalue weighted by Gasteiger charge is -2.09. The number of hydrogen-bond donors (Lipinski definition) is 0. The summed E-state index contributed by atoms with van der Waals surface area (Å²) in [5.74, 6) is -0.968. The second-order valence-electron chi connectivity index (χ2n) is 3.56. The Balaban J connectivity index is 2.47. The quantitative estimate of drug-likeness (QED) is 0.403. The van der Waals surface area contributed by atoms with E-state index in [0.29, 0.717) is 11.6 Å². The third kappa shape index (κ3) is 2.88. The maximum Gasteiger partial charge on any atom is 0.621 e. The van der Waals surface area contributed by atoms with Gasteiger partial charge in [0.1, 0.15) is 6.72 Å². The number of hydrogen-bond acceptors (Lipinski definition) is 4. The highest BCUT2D eigenvalue weighted by Gasteiger charge is 2.35. The molecule has 0 unspecified atom stereocenters. The van der Waals surface area contributed by atoms with Gasteiger partial charge in [-0.3, -0.25) is 14.4 Å². The van der Waals surface area contributed by atoms with Gasteiger partial charge in [-0.1, -0.05) is 18.4 Å². The molecule has 1 fully saturated rings. The molecule has 0 saturated carbocycles. The van der Waals surface area contributed by atoms with Gasteiger partial charge < -0.3 is 0 Å². The Kier molecular flexibility index (Phi) is 4.16. The van der Waals surface area contributed by atoms with Crippen LogP contribution >= 0.6 is 0 Å². The highest BCUT2D eigenvalue weighted by Crippen LogP contribution is 2.12. The molecular formula is C10H15N2O4+. The Morgan fingerprint density at radius 3 is 2.50 bits per heavy atom. The first-order chi connectivity index (χ1) is 7.56. The third-order valence-corrected chi connectivity index (χ3v) is 2.21. The lowest BCUT2D eigenvalue weighted by molar-refractivity contribution is -0.447. The topological polar surface area (TPSA) is 66.7 Å². The molecule has 3 amide bonds. The Bertz CT molecular complexity index is 322. The van der Waals surface area contributed by atoms with Crippen LogP contribution in [0.5, 0.6) is 0 Å². The van der Waals surface area contributed by atoms with Crippen molar-refractivity contribution < 1.29 is 23.8 Å². The van der Waals surface area contributed by atoms with Gasteiger partial charge in [-0.25, -0.2) is 0 Å². The Morgan fingerprint density at radius 2 is 2.00 bits per heavy atom. The van der Waals surface area contributed by atoms with Crippen LogP contribution in [0, 0.1) is 0 Å². The summed E-state index contributed by atoms with van der Waals surface area (Å²) in [6, 6.07) is 0. The summed E-state index contributed by atoms with van der Waals surface area (Å²) in [5.41, 5.74) is 0. The largest absolute Gasteiger partial charge is 0.621 e. The molecule has 16 heavy (non-hydrogen) atoms. The van der Waals surface area contributed by atoms with E-state index in [4.69, 9.17) is 0 Å². The van der Waals surface area contributed by atoms with Crippen LogP contribution in [0.15, 0.2) is 0 Å². The summed E-state index contributed by atoms with van der Waals surface area (Å²) in [6.45, 7) is 5.89. The summed E-state index contributed by atoms with van der Waals surface area (Å²) in [4.78, 5) is 38.3. The monoisotopic (exact) mass is 227 g/mol. The molecule has 0 bridgehead atoms. The first-order valence-corrected chi connectivity index (χ1v) is 5.22. The highest BCUT2D eigenvalue weighted by atomic mass is 16.7. The van der Waals surface area contributed by atoms with Crippen molar-refractivity contribution in [1.82, 2.24) is 5.06 Å². The van der Waals surface area contributed by atoms with E-state index in [1.54, 1.807) is 0 Å². The third-order valence-electron chi connectivity index (χ3n) is 2.21. The zero-order valence-corrected chi connectivity index (χ0v) is 9.27. The van der Waals surface area contributed by atoms with E-state index in [0.717, 1.165) is 17.4 Å². The van der Waals surface area contributed by atoms with Crippen LogP contribution in [0.3, 0.4) is 0 Å². The standard InChI is InChI=1S/C10H15N2O4/c1-3-4-7-11(2)10(15)16-12-8(13)5-6-9(12)14/h2-7H2,1H3/q+1. The molecule has 0 aromatic heterocycles. The molecule has 1 rings (SSSR count). The molecule has 0 aromatic carbocycles. The van der Waals surface area contributed by atoms with E-state index in [-0.39, 0.29) is 12.8 Å². The molecular weight excluding hydrogens is 212 g/mol. The molecule has 6 heteroatoms. The van der Waals surface area contributed by atoms with Crippen molar-refractivity contribution in [3.63, 3.8) is 0 Å². The molecule has 1 aliphatic heterocycles. The minimum absolute atomic E-state index is 0.0955. The summed E-state index contributed by atoms with van der Waals surface area (Å²) in [7, 11) is 0. The van der Waals surface area contributed by atoms with Crippen molar-refractivity contribution >= 4 is 24.6 Å². The summed E-state index contributed by atoms with van der Waals surface area (Å²) < 4.78 is 1.10. The van der Waals surface area contributed by atoms with Crippen LogP contribution in [0.25, 0.3) is 0 Å². The maximum absolute atomic E-state index is 11.4. The predicted molar refractivity (Wildman–Crippen MR) is 54.7 cm³/mol. The molecule has 88 valence electrons. The molecule has 0 spiro atoms. The van der Waals surface area contributed by atoms with Crippen molar-refractivity contribution in [2.24, 2.45) is 0 Å². The van der Waals surface area contributed by atoms with E-state index in [1.807, 2.05) is 6.92 Å². The van der Waals surface area contributed by atoms with Gasteiger partial charge in [-0.05, 0) is 0 Å². The molecule has 0 radical (unpaired) electrons. The first-order valence-electron chi connectivity index (χ1n) is 5.22. The molecule has 0 N–H and O–H groups in total. The van der Waals surface area contributed by atoms with Gasteiger partial charge in [0.15, 0.2) is 6.54 Å². The number of amides is 3. The summed E-state index contributed by atoms with van der Waals surface area (Å²) in [6.07, 6.45) is 1.12. The zero-order chi connectivity index (χ0) is 12.1. The molecule has 1 saturated heterocycles. The van der Waals surface area contributed by atoms with Crippen molar-refractivity contribution in [3.8, 4) is 0 Å². The Labute approximate surface area is 93.4 Å². The Hall–Kier alpha value is -1.72. The normalized spacial score (nSPS) is 15.4. The maximum atomic E-state index is 11.4. The molecule has 0 aromatic rings. The minimum Gasteiger partial charge on any atom is -0.272 e. The van der Waals surface area contributed by atoms with Crippen LogP contribution < -0.4 is 0 Å². The van der Waals surface area contributed by atoms with Gasteiger partial charge in [-0.15, -0.1) is 4.58 Å². The number of imide groups is 1. The van der Waals surface area contributed by atoms with Gasteiger partial charge in [0.05, 0.1) is 0 Å². The smallest absolute Gasteiger partial charge is 0.272 e. The van der Waals surface area contributed by atoms with Gasteiger partial charge in [0, 0.05) is 19.3 Å². The average Bonchev–Trinajstić information content (AvgIpc) is 2.57. The zero-order valence-electron chi connectivity index (χ0n) is 9.27. The summed E-state index contributed by atoms with van der Waals surface area (Å²) in [5, 5.41) is 0.520. The highest BCUT2D eigenvalue weighted by molar-refractivity contribution is 6.01. The first kappa shape index (κ1) is 12.4. The van der Waals surface area contributed by atoms with Gasteiger partial charge in [-0.2, -0.15) is 4.79 Å². The number of rotatable bonds is 4. The SMILES string of the molecule is C=[N+](CCCC)C(=O)ON1C(=O)CCC1=O. The number of nitrogens with zero attached hydrogens (tertiary/aromatic N) is 2. The van der Waals surface area contributed by atoms with E-state index in [2.05, 4.69) is 11.6 Å². The summed E-state index contributed by atoms with van der Waals surface area (Å²) >= 11 is 0. The van der Waals surface area contributed by atoms with Crippen molar-refractivity contribution in [3.05, 3.63) is 0 Å². The fourth-order valence-corrected chi connectivity index (χ4v) is 1.23. The lowest BCUT2D eigenvalue weighted by atomic mass is 10.3. The van der Waals surface area contributed by atoms with Gasteiger partial charge in [0.2, 0.25) is 0 Å². The van der Waals surface area contributed by atoms with Crippen LogP contribution in [0.2, 0.25) is 0 Å². The average molecular weight is 227 g/mol. The number of carbonyl (C=O) groups excluding carboxylic acids is 3. The number of hydroxylamine groups is 2. The molecule has 6 nitrogen and oxygen atoms in total. The van der Waals surface area contributed by atoms with Crippen molar-refractivity contribution in [2.45, 2.75) is 32.6 Å². The second kappa shape index (κ2) is 5.39. The molecule has 1 aliphatic rings. The number of unbranched alkanes of at least 4 members (excludes halogenated alkanes) is 1. The van der Waals surface area contributed by atoms with E-state index < -0.39 is 17.9 Å².